The van der Waals surface area contributed by atoms with Crippen LogP contribution in [0.5, 0.6) is 5.75 Å². The van der Waals surface area contributed by atoms with Crippen LogP contribution >= 0.6 is 11.3 Å². The van der Waals surface area contributed by atoms with Gasteiger partial charge in [-0.25, -0.2) is 0 Å². The van der Waals surface area contributed by atoms with Gasteiger partial charge in [0.1, 0.15) is 16.9 Å². The fourth-order valence-electron chi connectivity index (χ4n) is 4.87. The van der Waals surface area contributed by atoms with Crippen molar-refractivity contribution in [3.63, 3.8) is 0 Å². The van der Waals surface area contributed by atoms with Crippen LogP contribution in [0.3, 0.4) is 0 Å². The number of rotatable bonds is 5. The lowest BCUT2D eigenvalue weighted by atomic mass is 9.94. The summed E-state index contributed by atoms with van der Waals surface area (Å²) in [5, 5.41) is 3.69. The second kappa shape index (κ2) is 10.2. The van der Waals surface area contributed by atoms with E-state index in [-0.39, 0.29) is 17.9 Å². The normalized spacial score (nSPS) is 16.0. The fourth-order valence-corrected chi connectivity index (χ4v) is 6.14. The number of hydrogen-bond acceptors (Lipinski definition) is 5. The fraction of sp³-hybridized carbons (Fsp3) is 0.393. The van der Waals surface area contributed by atoms with E-state index >= 15 is 0 Å². The van der Waals surface area contributed by atoms with Gasteiger partial charge < -0.3 is 15.0 Å². The van der Waals surface area contributed by atoms with Crippen LogP contribution in [0.2, 0.25) is 0 Å². The number of nitrogens with one attached hydrogen (secondary N) is 1. The van der Waals surface area contributed by atoms with E-state index in [1.54, 1.807) is 35.9 Å². The van der Waals surface area contributed by atoms with Gasteiger partial charge >= 0.3 is 0 Å². The maximum Gasteiger partial charge on any atom is 0.257 e. The number of pyridine rings is 1. The van der Waals surface area contributed by atoms with Crippen molar-refractivity contribution in [2.75, 3.05) is 18.4 Å². The third kappa shape index (κ3) is 5.10. The Labute approximate surface area is 210 Å². The molecule has 0 radical (unpaired) electrons. The first-order valence-corrected chi connectivity index (χ1v) is 13.2. The Morgan fingerprint density at radius 1 is 1.09 bits per heavy atom. The minimum Gasteiger partial charge on any atom is -0.490 e. The zero-order valence-corrected chi connectivity index (χ0v) is 21.1. The van der Waals surface area contributed by atoms with Crippen LogP contribution in [0, 0.1) is 13.8 Å². The average molecular weight is 490 g/mol. The Morgan fingerprint density at radius 2 is 1.89 bits per heavy atom. The highest BCUT2D eigenvalue weighted by Crippen LogP contribution is 2.39. The Morgan fingerprint density at radius 3 is 2.63 bits per heavy atom. The van der Waals surface area contributed by atoms with E-state index in [0.717, 1.165) is 49.8 Å². The maximum atomic E-state index is 13.7. The van der Waals surface area contributed by atoms with Gasteiger partial charge in [-0.1, -0.05) is 6.07 Å². The molecule has 2 aromatic heterocycles. The molecule has 0 atom stereocenters. The zero-order chi connectivity index (χ0) is 24.4. The molecule has 1 aromatic carbocycles. The third-order valence-corrected chi connectivity index (χ3v) is 8.25. The van der Waals surface area contributed by atoms with Gasteiger partial charge in [0.05, 0.1) is 11.1 Å². The lowest BCUT2D eigenvalue weighted by Gasteiger charge is -2.32. The van der Waals surface area contributed by atoms with Crippen molar-refractivity contribution in [1.82, 2.24) is 9.88 Å². The molecule has 2 amide bonds. The van der Waals surface area contributed by atoms with Crippen LogP contribution in [0.4, 0.5) is 5.00 Å². The molecular weight excluding hydrogens is 458 g/mol. The van der Waals surface area contributed by atoms with Gasteiger partial charge in [-0.05, 0) is 80.5 Å². The highest BCUT2D eigenvalue weighted by molar-refractivity contribution is 7.17. The van der Waals surface area contributed by atoms with Crippen LogP contribution in [0.25, 0.3) is 0 Å². The number of fused-ring (bicyclic) bond motifs is 1. The Bertz CT molecular complexity index is 1230. The van der Waals surface area contributed by atoms with Crippen LogP contribution in [0.1, 0.15) is 68.0 Å². The number of benzene rings is 1. The summed E-state index contributed by atoms with van der Waals surface area (Å²) in [6.07, 6.45) is 8.93. The van der Waals surface area contributed by atoms with Crippen LogP contribution in [0.15, 0.2) is 42.7 Å². The summed E-state index contributed by atoms with van der Waals surface area (Å²) in [4.78, 5) is 33.8. The summed E-state index contributed by atoms with van der Waals surface area (Å²) in [5.41, 5.74) is 4.78. The molecule has 2 aliphatic rings. The number of amides is 2. The van der Waals surface area contributed by atoms with Crippen LogP contribution < -0.4 is 10.1 Å². The van der Waals surface area contributed by atoms with Gasteiger partial charge in [-0.15, -0.1) is 11.3 Å². The summed E-state index contributed by atoms with van der Waals surface area (Å²) >= 11 is 1.56. The molecule has 0 saturated carbocycles. The van der Waals surface area contributed by atoms with Gasteiger partial charge in [-0.2, -0.15) is 0 Å². The third-order valence-electron chi connectivity index (χ3n) is 7.05. The van der Waals surface area contributed by atoms with Crippen molar-refractivity contribution in [2.45, 2.75) is 58.5 Å². The van der Waals surface area contributed by atoms with Crippen molar-refractivity contribution >= 4 is 28.2 Å². The quantitative estimate of drug-likeness (QED) is 0.508. The molecular formula is C28H31N3O3S. The Balaban J connectivity index is 1.30. The molecule has 1 fully saturated rings. The van der Waals surface area contributed by atoms with E-state index in [9.17, 15) is 9.59 Å². The van der Waals surface area contributed by atoms with Gasteiger partial charge in [0.15, 0.2) is 0 Å². The van der Waals surface area contributed by atoms with E-state index in [4.69, 9.17) is 4.74 Å². The first-order valence-electron chi connectivity index (χ1n) is 12.4. The lowest BCUT2D eigenvalue weighted by molar-refractivity contribution is 0.0595. The number of carbonyl (C=O) groups excluding carboxylic acids is 2. The number of likely N-dealkylation sites (tertiary alicyclic amines) is 1. The number of nitrogens with zero attached hydrogens (tertiary/aromatic N) is 2. The van der Waals surface area contributed by atoms with E-state index in [2.05, 4.69) is 36.3 Å². The number of anilines is 1. The first kappa shape index (κ1) is 23.5. The molecule has 0 unspecified atom stereocenters. The van der Waals surface area contributed by atoms with Crippen molar-refractivity contribution in [1.29, 1.82) is 0 Å². The maximum absolute atomic E-state index is 13.7. The number of carbonyl (C=O) groups is 2. The molecule has 3 aromatic rings. The predicted octanol–water partition coefficient (Wildman–Crippen LogP) is 5.57. The van der Waals surface area contributed by atoms with Crippen molar-refractivity contribution < 1.29 is 14.3 Å². The summed E-state index contributed by atoms with van der Waals surface area (Å²) in [7, 11) is 0. The van der Waals surface area contributed by atoms with E-state index in [1.165, 1.54) is 16.0 Å². The summed E-state index contributed by atoms with van der Waals surface area (Å²) < 4.78 is 6.23. The topological polar surface area (TPSA) is 71.5 Å². The summed E-state index contributed by atoms with van der Waals surface area (Å²) in [5.74, 6) is 0.687. The number of ether oxygens (including phenoxy) is 1. The van der Waals surface area contributed by atoms with Crippen molar-refractivity contribution in [3.05, 3.63) is 75.4 Å². The van der Waals surface area contributed by atoms with Gasteiger partial charge in [-0.3, -0.25) is 14.6 Å². The molecule has 1 aliphatic carbocycles. The monoisotopic (exact) mass is 489 g/mol. The number of aryl methyl sites for hydroxylation is 3. The van der Waals surface area contributed by atoms with Crippen molar-refractivity contribution in [2.24, 2.45) is 0 Å². The molecule has 6 nitrogen and oxygen atoms in total. The molecule has 3 heterocycles. The van der Waals surface area contributed by atoms with Crippen LogP contribution in [-0.4, -0.2) is 40.9 Å². The standard InChI is InChI=1S/C28H31N3O3S/c1-18-9-10-22(16-19(18)2)34-21-11-14-31(15-12-21)28(33)25-23-7-3-4-8-24(23)35-27(25)30-26(32)20-6-5-13-29-17-20/h5-6,9-10,13,16-17,21H,3-4,7-8,11-12,14-15H2,1-2H3,(H,30,32). The highest BCUT2D eigenvalue weighted by atomic mass is 32.1. The predicted molar refractivity (Wildman–Crippen MR) is 139 cm³/mol. The molecule has 7 heteroatoms. The molecule has 35 heavy (non-hydrogen) atoms. The molecule has 1 saturated heterocycles. The summed E-state index contributed by atoms with van der Waals surface area (Å²) in [6, 6.07) is 9.67. The number of thiophene rings is 1. The van der Waals surface area contributed by atoms with E-state index in [1.807, 2.05) is 11.0 Å². The summed E-state index contributed by atoms with van der Waals surface area (Å²) in [6.45, 7) is 5.49. The van der Waals surface area contributed by atoms with Gasteiger partial charge in [0.2, 0.25) is 0 Å². The lowest BCUT2D eigenvalue weighted by Crippen LogP contribution is -2.42. The van der Waals surface area contributed by atoms with Gasteiger partial charge in [0.25, 0.3) is 11.8 Å². The zero-order valence-electron chi connectivity index (χ0n) is 20.3. The molecule has 5 rings (SSSR count). The number of hydrogen-bond donors (Lipinski definition) is 1. The van der Waals surface area contributed by atoms with E-state index < -0.39 is 0 Å². The number of aromatic nitrogens is 1. The van der Waals surface area contributed by atoms with Crippen molar-refractivity contribution in [3.8, 4) is 5.75 Å². The largest absolute Gasteiger partial charge is 0.490 e. The molecule has 0 spiro atoms. The Kier molecular flexibility index (Phi) is 6.86. The highest BCUT2D eigenvalue weighted by Gasteiger charge is 2.32. The minimum absolute atomic E-state index is 0.0236. The molecule has 1 N–H and O–H groups in total. The second-order valence-electron chi connectivity index (χ2n) is 9.47. The Hall–Kier alpha value is -3.19. The second-order valence-corrected chi connectivity index (χ2v) is 10.6. The smallest absolute Gasteiger partial charge is 0.257 e. The van der Waals surface area contributed by atoms with Gasteiger partial charge in [0, 0.05) is 43.2 Å². The molecule has 182 valence electrons. The number of piperidine rings is 1. The van der Waals surface area contributed by atoms with Crippen LogP contribution in [-0.2, 0) is 12.8 Å². The SMILES string of the molecule is Cc1ccc(OC2CCN(C(=O)c3c(NC(=O)c4cccnc4)sc4c3CCCC4)CC2)cc1C. The first-order chi connectivity index (χ1) is 17.0. The average Bonchev–Trinajstić information content (AvgIpc) is 3.24. The molecule has 1 aliphatic heterocycles. The molecule has 0 bridgehead atoms. The van der Waals surface area contributed by atoms with E-state index in [0.29, 0.717) is 29.2 Å². The minimum atomic E-state index is -0.230.